The van der Waals surface area contributed by atoms with Gasteiger partial charge in [-0.05, 0) is 35.9 Å². The predicted molar refractivity (Wildman–Crippen MR) is 99.8 cm³/mol. The summed E-state index contributed by atoms with van der Waals surface area (Å²) in [5.74, 6) is -0.0308. The second kappa shape index (κ2) is 7.69. The van der Waals surface area contributed by atoms with E-state index in [1.807, 2.05) is 6.07 Å². The van der Waals surface area contributed by atoms with Crippen LogP contribution in [0.2, 0.25) is 0 Å². The number of rotatable bonds is 5. The van der Waals surface area contributed by atoms with Gasteiger partial charge in [0.2, 0.25) is 5.95 Å². The van der Waals surface area contributed by atoms with Crippen LogP contribution in [0.1, 0.15) is 26.4 Å². The van der Waals surface area contributed by atoms with E-state index in [1.165, 1.54) is 17.2 Å². The van der Waals surface area contributed by atoms with Crippen molar-refractivity contribution in [3.63, 3.8) is 0 Å². The van der Waals surface area contributed by atoms with Crippen LogP contribution in [0.25, 0.3) is 11.5 Å². The summed E-state index contributed by atoms with van der Waals surface area (Å²) in [5, 5.41) is 2.77. The number of nitrogens with zero attached hydrogens (tertiary/aromatic N) is 3. The Morgan fingerprint density at radius 2 is 1.96 bits per heavy atom. The average molecular weight is 365 g/mol. The van der Waals surface area contributed by atoms with Crippen LogP contribution in [0, 0.1) is 0 Å². The maximum absolute atomic E-state index is 12.5. The van der Waals surface area contributed by atoms with Crippen molar-refractivity contribution in [2.24, 2.45) is 0 Å². The largest absolute Gasteiger partial charge is 0.463 e. The van der Waals surface area contributed by atoms with Crippen molar-refractivity contribution in [2.45, 2.75) is 6.54 Å². The number of nitrogens with two attached hydrogens (primary N) is 1. The van der Waals surface area contributed by atoms with Crippen molar-refractivity contribution >= 4 is 17.8 Å². The lowest BCUT2D eigenvalue weighted by atomic mass is 10.1. The molecule has 0 aliphatic rings. The summed E-state index contributed by atoms with van der Waals surface area (Å²) < 4.78 is 5.28. The normalized spacial score (nSPS) is 10.4. The molecule has 0 radical (unpaired) electrons. The Kier molecular flexibility index (Phi) is 5.16. The van der Waals surface area contributed by atoms with E-state index in [-0.39, 0.29) is 24.1 Å². The molecule has 0 saturated carbocycles. The second-order valence-electron chi connectivity index (χ2n) is 6.06. The third-order valence-electron chi connectivity index (χ3n) is 3.78. The molecule has 27 heavy (non-hydrogen) atoms. The first-order valence-corrected chi connectivity index (χ1v) is 8.21. The first kappa shape index (κ1) is 18.1. The molecule has 0 fully saturated rings. The number of nitrogen functional groups attached to an aromatic ring is 1. The van der Waals surface area contributed by atoms with Crippen LogP contribution < -0.4 is 11.1 Å². The third kappa shape index (κ3) is 4.30. The maximum atomic E-state index is 12.5. The van der Waals surface area contributed by atoms with Crippen LogP contribution in [-0.4, -0.2) is 40.8 Å². The van der Waals surface area contributed by atoms with Crippen molar-refractivity contribution in [1.82, 2.24) is 20.2 Å². The molecule has 0 unspecified atom stereocenters. The highest BCUT2D eigenvalue weighted by Crippen LogP contribution is 2.19. The van der Waals surface area contributed by atoms with Gasteiger partial charge >= 0.3 is 0 Å². The van der Waals surface area contributed by atoms with E-state index in [2.05, 4.69) is 15.3 Å². The number of amides is 2. The SMILES string of the molecule is CN(C)C(=O)c1cccc(CNC(=O)c2cc(-c3ccco3)nc(N)n2)c1. The van der Waals surface area contributed by atoms with E-state index in [1.54, 1.807) is 44.4 Å². The van der Waals surface area contributed by atoms with Crippen molar-refractivity contribution in [2.75, 3.05) is 19.8 Å². The lowest BCUT2D eigenvalue weighted by molar-refractivity contribution is 0.0827. The predicted octanol–water partition coefficient (Wildman–Crippen LogP) is 1.95. The van der Waals surface area contributed by atoms with Crippen molar-refractivity contribution in [3.05, 3.63) is 65.5 Å². The van der Waals surface area contributed by atoms with E-state index in [9.17, 15) is 9.59 Å². The van der Waals surface area contributed by atoms with Gasteiger partial charge in [-0.25, -0.2) is 9.97 Å². The van der Waals surface area contributed by atoms with Crippen molar-refractivity contribution in [1.29, 1.82) is 0 Å². The van der Waals surface area contributed by atoms with Crippen molar-refractivity contribution in [3.8, 4) is 11.5 Å². The molecule has 8 nitrogen and oxygen atoms in total. The zero-order valence-electron chi connectivity index (χ0n) is 15.0. The lowest BCUT2D eigenvalue weighted by Gasteiger charge is -2.11. The second-order valence-corrected chi connectivity index (χ2v) is 6.06. The fourth-order valence-corrected chi connectivity index (χ4v) is 2.48. The number of hydrogen-bond donors (Lipinski definition) is 2. The Morgan fingerprint density at radius 1 is 1.15 bits per heavy atom. The molecular weight excluding hydrogens is 346 g/mol. The highest BCUT2D eigenvalue weighted by molar-refractivity contribution is 5.94. The fourth-order valence-electron chi connectivity index (χ4n) is 2.48. The molecule has 2 aromatic heterocycles. The summed E-state index contributed by atoms with van der Waals surface area (Å²) in [5.41, 5.74) is 7.62. The van der Waals surface area contributed by atoms with Gasteiger partial charge in [-0.2, -0.15) is 0 Å². The number of furan rings is 1. The third-order valence-corrected chi connectivity index (χ3v) is 3.78. The van der Waals surface area contributed by atoms with E-state index in [0.29, 0.717) is 17.0 Å². The van der Waals surface area contributed by atoms with E-state index in [4.69, 9.17) is 10.2 Å². The average Bonchev–Trinajstić information content (AvgIpc) is 3.20. The van der Waals surface area contributed by atoms with Gasteiger partial charge in [-0.15, -0.1) is 0 Å². The van der Waals surface area contributed by atoms with Gasteiger partial charge in [-0.1, -0.05) is 12.1 Å². The Morgan fingerprint density at radius 3 is 2.67 bits per heavy atom. The van der Waals surface area contributed by atoms with Crippen LogP contribution >= 0.6 is 0 Å². The topological polar surface area (TPSA) is 114 Å². The summed E-state index contributed by atoms with van der Waals surface area (Å²) in [7, 11) is 3.37. The molecule has 2 heterocycles. The molecule has 3 N–H and O–H groups in total. The maximum Gasteiger partial charge on any atom is 0.270 e. The van der Waals surface area contributed by atoms with E-state index in [0.717, 1.165) is 5.56 Å². The minimum atomic E-state index is -0.402. The van der Waals surface area contributed by atoms with Gasteiger partial charge in [0.1, 0.15) is 11.4 Å². The standard InChI is InChI=1S/C19H19N5O3/c1-24(2)18(26)13-6-3-5-12(9-13)11-21-17(25)15-10-14(22-19(20)23-15)16-7-4-8-27-16/h3-10H,11H2,1-2H3,(H,21,25)(H2,20,22,23). The Labute approximate surface area is 156 Å². The van der Waals surface area contributed by atoms with Gasteiger partial charge in [0, 0.05) is 26.2 Å². The minimum Gasteiger partial charge on any atom is -0.463 e. The molecule has 8 heteroatoms. The quantitative estimate of drug-likeness (QED) is 0.714. The summed E-state index contributed by atoms with van der Waals surface area (Å²) in [6.07, 6.45) is 1.51. The molecule has 138 valence electrons. The summed E-state index contributed by atoms with van der Waals surface area (Å²) in [6.45, 7) is 0.243. The van der Waals surface area contributed by atoms with E-state index >= 15 is 0 Å². The first-order valence-electron chi connectivity index (χ1n) is 8.21. The molecule has 0 aliphatic heterocycles. The van der Waals surface area contributed by atoms with Crippen LogP contribution in [0.5, 0.6) is 0 Å². The van der Waals surface area contributed by atoms with Gasteiger partial charge < -0.3 is 20.4 Å². The number of aromatic nitrogens is 2. The van der Waals surface area contributed by atoms with Crippen LogP contribution in [0.3, 0.4) is 0 Å². The minimum absolute atomic E-state index is 0.0207. The molecular formula is C19H19N5O3. The molecule has 3 aromatic rings. The molecule has 3 rings (SSSR count). The Balaban J connectivity index is 1.73. The summed E-state index contributed by atoms with van der Waals surface area (Å²) in [4.78, 5) is 34.0. The highest BCUT2D eigenvalue weighted by Gasteiger charge is 2.14. The number of hydrogen-bond acceptors (Lipinski definition) is 6. The highest BCUT2D eigenvalue weighted by atomic mass is 16.3. The number of anilines is 1. The van der Waals surface area contributed by atoms with E-state index < -0.39 is 5.91 Å². The summed E-state index contributed by atoms with van der Waals surface area (Å²) >= 11 is 0. The fraction of sp³-hybridized carbons (Fsp3) is 0.158. The monoisotopic (exact) mass is 365 g/mol. The molecule has 0 saturated heterocycles. The number of nitrogens with one attached hydrogen (secondary N) is 1. The van der Waals surface area contributed by atoms with Crippen LogP contribution in [-0.2, 0) is 6.54 Å². The van der Waals surface area contributed by atoms with Crippen LogP contribution in [0.4, 0.5) is 5.95 Å². The number of benzene rings is 1. The lowest BCUT2D eigenvalue weighted by Crippen LogP contribution is -2.25. The number of carbonyl (C=O) groups is 2. The van der Waals surface area contributed by atoms with Gasteiger partial charge in [0.15, 0.2) is 5.76 Å². The molecule has 1 aromatic carbocycles. The zero-order valence-corrected chi connectivity index (χ0v) is 15.0. The Bertz CT molecular complexity index is 967. The van der Waals surface area contributed by atoms with Crippen molar-refractivity contribution < 1.29 is 14.0 Å². The van der Waals surface area contributed by atoms with Crippen LogP contribution in [0.15, 0.2) is 53.1 Å². The zero-order chi connectivity index (χ0) is 19.4. The summed E-state index contributed by atoms with van der Waals surface area (Å²) in [6, 6.07) is 12.0. The molecule has 2 amide bonds. The van der Waals surface area contributed by atoms with Gasteiger partial charge in [0.05, 0.1) is 6.26 Å². The number of carbonyl (C=O) groups excluding carboxylic acids is 2. The molecule has 0 bridgehead atoms. The van der Waals surface area contributed by atoms with Gasteiger partial charge in [-0.3, -0.25) is 9.59 Å². The molecule has 0 atom stereocenters. The smallest absolute Gasteiger partial charge is 0.270 e. The first-order chi connectivity index (χ1) is 12.9. The van der Waals surface area contributed by atoms with Gasteiger partial charge in [0.25, 0.3) is 11.8 Å². The molecule has 0 spiro atoms. The Hall–Kier alpha value is -3.68. The molecule has 0 aliphatic carbocycles.